The summed E-state index contributed by atoms with van der Waals surface area (Å²) in [6.07, 6.45) is 17.2. The Kier molecular flexibility index (Phi) is 5.63. The Morgan fingerprint density at radius 1 is 0.889 bits per heavy atom. The summed E-state index contributed by atoms with van der Waals surface area (Å²) in [7, 11) is 0. The maximum Gasteiger partial charge on any atom is 0.244 e. The molecule has 7 heteroatoms. The van der Waals surface area contributed by atoms with Crippen LogP contribution in [0.15, 0.2) is 71.4 Å². The highest BCUT2D eigenvalue weighted by Gasteiger charge is 2.23. The number of H-pyrrole nitrogens is 2. The first-order valence-electron chi connectivity index (χ1n) is 13.0. The third kappa shape index (κ3) is 4.08. The van der Waals surface area contributed by atoms with Gasteiger partial charge in [-0.15, -0.1) is 0 Å². The van der Waals surface area contributed by atoms with Crippen molar-refractivity contribution in [3.8, 4) is 0 Å². The molecule has 0 fully saturated rings. The van der Waals surface area contributed by atoms with Gasteiger partial charge in [-0.3, -0.25) is 0 Å². The SMILES string of the molecule is CCC1=C(C)C2=Cc3[nH]c(c(CC)c3C)Cn3cc[n+](c3)Cc3ccc([nH]3)C[n+]3ccn(c3)CC1=N2. The van der Waals surface area contributed by atoms with Crippen LogP contribution < -0.4 is 9.13 Å². The molecule has 0 aromatic carbocycles. The summed E-state index contributed by atoms with van der Waals surface area (Å²) in [6.45, 7) is 12.2. The molecule has 2 aliphatic rings. The van der Waals surface area contributed by atoms with Gasteiger partial charge in [0.05, 0.1) is 28.5 Å². The topological polar surface area (TPSA) is 61.6 Å². The Hall–Kier alpha value is -3.87. The number of rotatable bonds is 2. The van der Waals surface area contributed by atoms with Crippen LogP contribution in [0.25, 0.3) is 6.08 Å². The predicted octanol–water partition coefficient (Wildman–Crippen LogP) is 4.07. The zero-order chi connectivity index (χ0) is 24.8. The number of nitrogens with one attached hydrogen (secondary N) is 2. The quantitative estimate of drug-likeness (QED) is 0.406. The molecule has 0 atom stereocenters. The van der Waals surface area contributed by atoms with Crippen LogP contribution >= 0.6 is 0 Å². The molecule has 2 aliphatic heterocycles. The van der Waals surface area contributed by atoms with Crippen LogP contribution in [0.5, 0.6) is 0 Å². The van der Waals surface area contributed by atoms with E-state index in [4.69, 9.17) is 4.99 Å². The first kappa shape index (κ1) is 22.6. The molecule has 7 nitrogen and oxygen atoms in total. The number of hydrogen-bond acceptors (Lipinski definition) is 1. The predicted molar refractivity (Wildman–Crippen MR) is 141 cm³/mol. The number of hydrogen-bond donors (Lipinski definition) is 2. The monoisotopic (exact) mass is 481 g/mol. The summed E-state index contributed by atoms with van der Waals surface area (Å²) in [4.78, 5) is 12.5. The van der Waals surface area contributed by atoms with Crippen LogP contribution in [0.2, 0.25) is 0 Å². The maximum absolute atomic E-state index is 5.14. The molecule has 0 radical (unpaired) electrons. The summed E-state index contributed by atoms with van der Waals surface area (Å²) in [5.74, 6) is 0. The Labute approximate surface area is 212 Å². The van der Waals surface area contributed by atoms with Crippen LogP contribution in [0.4, 0.5) is 0 Å². The van der Waals surface area contributed by atoms with Crippen molar-refractivity contribution in [2.45, 2.75) is 66.7 Å². The largest absolute Gasteiger partial charge is 0.356 e. The Balaban J connectivity index is 1.46. The molecule has 0 saturated heterocycles. The average molecular weight is 482 g/mol. The summed E-state index contributed by atoms with van der Waals surface area (Å²) in [6, 6.07) is 4.38. The van der Waals surface area contributed by atoms with E-state index in [1.807, 2.05) is 0 Å². The van der Waals surface area contributed by atoms with Crippen molar-refractivity contribution in [3.05, 3.63) is 100 Å². The second-order valence-corrected chi connectivity index (χ2v) is 10.0. The number of fused-ring (bicyclic) bond motifs is 9. The number of allylic oxidation sites excluding steroid dienone is 2. The van der Waals surface area contributed by atoms with E-state index in [9.17, 15) is 0 Å². The molecule has 10 bridgehead atoms. The fourth-order valence-corrected chi connectivity index (χ4v) is 5.70. The first-order valence-corrected chi connectivity index (χ1v) is 13.0. The van der Waals surface area contributed by atoms with Gasteiger partial charge in [0.15, 0.2) is 0 Å². The molecule has 6 heterocycles. The molecule has 0 spiro atoms. The third-order valence-electron chi connectivity index (χ3n) is 7.61. The van der Waals surface area contributed by atoms with E-state index in [1.54, 1.807) is 0 Å². The molecule has 0 unspecified atom stereocenters. The number of aromatic amines is 2. The van der Waals surface area contributed by atoms with Crippen LogP contribution in [-0.4, -0.2) is 24.8 Å². The van der Waals surface area contributed by atoms with Gasteiger partial charge in [-0.05, 0) is 67.2 Å². The fraction of sp³-hybridized carbons (Fsp3) is 0.345. The maximum atomic E-state index is 5.14. The minimum absolute atomic E-state index is 0.779. The number of aromatic nitrogens is 6. The Morgan fingerprint density at radius 2 is 1.56 bits per heavy atom. The van der Waals surface area contributed by atoms with Gasteiger partial charge in [0.2, 0.25) is 12.7 Å². The molecule has 4 aromatic rings. The lowest BCUT2D eigenvalue weighted by atomic mass is 10.0. The summed E-state index contributed by atoms with van der Waals surface area (Å²) >= 11 is 0. The Bertz CT molecular complexity index is 1530. The van der Waals surface area contributed by atoms with Crippen molar-refractivity contribution in [2.24, 2.45) is 4.99 Å². The average Bonchev–Trinajstić information content (AvgIpc) is 3.67. The van der Waals surface area contributed by atoms with E-state index in [-0.39, 0.29) is 0 Å². The molecule has 0 aliphatic carbocycles. The second kappa shape index (κ2) is 8.97. The zero-order valence-corrected chi connectivity index (χ0v) is 21.7. The molecule has 2 N–H and O–H groups in total. The third-order valence-corrected chi connectivity index (χ3v) is 7.61. The van der Waals surface area contributed by atoms with Crippen molar-refractivity contribution in [3.63, 3.8) is 0 Å². The molecule has 4 aromatic heterocycles. The van der Waals surface area contributed by atoms with Gasteiger partial charge < -0.3 is 9.97 Å². The highest BCUT2D eigenvalue weighted by molar-refractivity contribution is 6.05. The van der Waals surface area contributed by atoms with Crippen LogP contribution in [0, 0.1) is 6.92 Å². The minimum atomic E-state index is 0.779. The smallest absolute Gasteiger partial charge is 0.244 e. The normalized spacial score (nSPS) is 15.8. The highest BCUT2D eigenvalue weighted by atomic mass is 15.1. The second-order valence-electron chi connectivity index (χ2n) is 10.0. The van der Waals surface area contributed by atoms with Gasteiger partial charge in [0, 0.05) is 5.69 Å². The van der Waals surface area contributed by atoms with E-state index in [0.29, 0.717) is 0 Å². The lowest BCUT2D eigenvalue weighted by molar-refractivity contribution is -0.689. The van der Waals surface area contributed by atoms with Gasteiger partial charge in [-0.25, -0.2) is 23.3 Å². The number of aliphatic imine (C=N–C) groups is 1. The number of nitrogens with zero attached hydrogens (tertiary/aromatic N) is 5. The summed E-state index contributed by atoms with van der Waals surface area (Å²) in [5.41, 5.74) is 12.5. The fourth-order valence-electron chi connectivity index (χ4n) is 5.70. The summed E-state index contributed by atoms with van der Waals surface area (Å²) in [5, 5.41) is 0. The molecule has 6 rings (SSSR count). The van der Waals surface area contributed by atoms with Gasteiger partial charge >= 0.3 is 0 Å². The standard InChI is InChI=1S/C29H35N7/c1-5-24-20(3)26-13-27-21(4)25(6-2)29(32-27)17-36-12-10-34(19-36)15-23-8-7-22(30-23)14-33-9-11-35(18-33)16-28(24)31-26/h7-13,18-19,30-31H,5-6,14-17H2,1-4H3/q+2. The molecule has 0 saturated carbocycles. The van der Waals surface area contributed by atoms with Crippen LogP contribution in [0.1, 0.15) is 61.1 Å². The molecular formula is C29H35N7+2. The summed E-state index contributed by atoms with van der Waals surface area (Å²) < 4.78 is 8.95. The zero-order valence-electron chi connectivity index (χ0n) is 21.7. The molecule has 36 heavy (non-hydrogen) atoms. The number of imidazole rings is 2. The van der Waals surface area contributed by atoms with E-state index < -0.39 is 0 Å². The van der Waals surface area contributed by atoms with Gasteiger partial charge in [0.1, 0.15) is 51.0 Å². The Morgan fingerprint density at radius 3 is 2.19 bits per heavy atom. The van der Waals surface area contributed by atoms with Crippen molar-refractivity contribution >= 4 is 11.8 Å². The van der Waals surface area contributed by atoms with Crippen LogP contribution in [-0.2, 0) is 32.6 Å². The molecule has 0 amide bonds. The van der Waals surface area contributed by atoms with E-state index in [0.717, 1.165) is 50.4 Å². The van der Waals surface area contributed by atoms with E-state index in [2.05, 4.69) is 112 Å². The van der Waals surface area contributed by atoms with Crippen LogP contribution in [0.3, 0.4) is 0 Å². The van der Waals surface area contributed by atoms with Crippen molar-refractivity contribution < 1.29 is 9.13 Å². The van der Waals surface area contributed by atoms with E-state index in [1.165, 1.54) is 45.0 Å². The first-order chi connectivity index (χ1) is 17.5. The van der Waals surface area contributed by atoms with Gasteiger partial charge in [-0.2, -0.15) is 0 Å². The van der Waals surface area contributed by atoms with Crippen molar-refractivity contribution in [1.29, 1.82) is 0 Å². The highest BCUT2D eigenvalue weighted by Crippen LogP contribution is 2.31. The van der Waals surface area contributed by atoms with Gasteiger partial charge in [0.25, 0.3) is 0 Å². The lowest BCUT2D eigenvalue weighted by Crippen LogP contribution is -2.33. The molecular weight excluding hydrogens is 446 g/mol. The van der Waals surface area contributed by atoms with Crippen molar-refractivity contribution in [2.75, 3.05) is 0 Å². The van der Waals surface area contributed by atoms with E-state index >= 15 is 0 Å². The molecule has 184 valence electrons. The van der Waals surface area contributed by atoms with Gasteiger partial charge in [-0.1, -0.05) is 13.8 Å². The lowest BCUT2D eigenvalue weighted by Gasteiger charge is -2.03. The minimum Gasteiger partial charge on any atom is -0.356 e. The van der Waals surface area contributed by atoms with Crippen molar-refractivity contribution in [1.82, 2.24) is 19.1 Å².